The van der Waals surface area contributed by atoms with Crippen LogP contribution in [0.25, 0.3) is 0 Å². The molecule has 0 aliphatic heterocycles. The molecule has 3 aromatic rings. The zero-order valence-corrected chi connectivity index (χ0v) is 31.7. The Bertz CT molecular complexity index is 1320. The summed E-state index contributed by atoms with van der Waals surface area (Å²) in [5, 5.41) is 2.13. The normalized spacial score (nSPS) is 13.8. The van der Waals surface area contributed by atoms with E-state index in [4.69, 9.17) is 28.1 Å². The van der Waals surface area contributed by atoms with Gasteiger partial charge in [0.05, 0.1) is 38.6 Å². The van der Waals surface area contributed by atoms with Crippen molar-refractivity contribution in [2.24, 2.45) is 5.92 Å². The van der Waals surface area contributed by atoms with Crippen molar-refractivity contribution >= 4 is 24.7 Å². The third-order valence-corrected chi connectivity index (χ3v) is 13.3. The maximum Gasteiger partial charge on any atom is 0.331 e. The van der Waals surface area contributed by atoms with E-state index < -0.39 is 8.32 Å². The van der Waals surface area contributed by atoms with Gasteiger partial charge in [0.2, 0.25) is 0 Å². The number of methoxy groups -OCH3 is 1. The zero-order chi connectivity index (χ0) is 35.5. The van der Waals surface area contributed by atoms with Gasteiger partial charge in [0, 0.05) is 19.8 Å². The first-order chi connectivity index (χ1) is 23.6. The van der Waals surface area contributed by atoms with Crippen molar-refractivity contribution in [3.05, 3.63) is 108 Å². The molecule has 0 bridgehead atoms. The standard InChI is InChI=1S/C41H58O7Si/c1-33(2)47-40(42)29-36(28-34(3)30-46-32-45-27-26-43-7)39(24-17-25-44-31-35-18-11-8-12-19-35)48-49(41(4,5)6,37-20-13-9-14-21-37)38-22-15-10-16-23-38/h8-16,18-23,29,33-34,39H,17,24-28,30-32H2,1-7H3/b36-29+/t34-,39-/m1/s1. The summed E-state index contributed by atoms with van der Waals surface area (Å²) in [6.45, 7) is 15.4. The summed E-state index contributed by atoms with van der Waals surface area (Å²) >= 11 is 0. The molecular formula is C41H58O7Si. The Labute approximate surface area is 296 Å². The third kappa shape index (κ3) is 13.3. The molecule has 0 spiro atoms. The van der Waals surface area contributed by atoms with Crippen molar-refractivity contribution in [1.82, 2.24) is 0 Å². The molecular weight excluding hydrogens is 633 g/mol. The Kier molecular flexibility index (Phi) is 17.4. The highest BCUT2D eigenvalue weighted by molar-refractivity contribution is 6.99. The van der Waals surface area contributed by atoms with Crippen molar-refractivity contribution in [3.63, 3.8) is 0 Å². The van der Waals surface area contributed by atoms with Crippen LogP contribution in [0.2, 0.25) is 5.04 Å². The number of esters is 1. The molecule has 2 atom stereocenters. The number of hydrogen-bond donors (Lipinski definition) is 0. The van der Waals surface area contributed by atoms with Crippen molar-refractivity contribution < 1.29 is 32.9 Å². The predicted molar refractivity (Wildman–Crippen MR) is 200 cm³/mol. The lowest BCUT2D eigenvalue weighted by atomic mass is 9.95. The minimum absolute atomic E-state index is 0.0868. The van der Waals surface area contributed by atoms with Crippen molar-refractivity contribution in [3.8, 4) is 0 Å². The number of hydrogen-bond acceptors (Lipinski definition) is 7. The minimum atomic E-state index is -2.97. The summed E-state index contributed by atoms with van der Waals surface area (Å²) in [6, 6.07) is 31.4. The molecule has 0 saturated heterocycles. The lowest BCUT2D eigenvalue weighted by Crippen LogP contribution is -2.67. The van der Waals surface area contributed by atoms with E-state index in [2.05, 4.69) is 88.4 Å². The summed E-state index contributed by atoms with van der Waals surface area (Å²) in [5.41, 5.74) is 2.04. The molecule has 268 valence electrons. The summed E-state index contributed by atoms with van der Waals surface area (Å²) in [4.78, 5) is 13.3. The van der Waals surface area contributed by atoms with Gasteiger partial charge in [-0.15, -0.1) is 0 Å². The first kappa shape index (κ1) is 40.3. The SMILES string of the molecule is COCCOCOC[C@H](C)C/C(=C\C(=O)OC(C)C)[C@@H](CCCOCc1ccccc1)O[Si](c1ccccc1)(c1ccccc1)C(C)(C)C. The molecule has 0 radical (unpaired) electrons. The number of benzene rings is 3. The van der Waals surface area contributed by atoms with E-state index in [0.717, 1.165) is 17.6 Å². The van der Waals surface area contributed by atoms with Gasteiger partial charge in [-0.05, 0) is 65.6 Å². The van der Waals surface area contributed by atoms with Crippen LogP contribution in [0.3, 0.4) is 0 Å². The van der Waals surface area contributed by atoms with E-state index in [1.807, 2.05) is 44.2 Å². The fraction of sp³-hybridized carbons (Fsp3) is 0.488. The number of rotatable bonds is 22. The highest BCUT2D eigenvalue weighted by atomic mass is 28.4. The largest absolute Gasteiger partial charge is 0.460 e. The Balaban J connectivity index is 2.00. The molecule has 0 saturated carbocycles. The molecule has 3 aromatic carbocycles. The van der Waals surface area contributed by atoms with Gasteiger partial charge in [-0.25, -0.2) is 4.79 Å². The van der Waals surface area contributed by atoms with Crippen LogP contribution < -0.4 is 10.4 Å². The Morgan fingerprint density at radius 3 is 1.92 bits per heavy atom. The van der Waals surface area contributed by atoms with Gasteiger partial charge in [0.1, 0.15) is 6.79 Å². The maximum absolute atomic E-state index is 13.3. The fourth-order valence-corrected chi connectivity index (χ4v) is 10.7. The second kappa shape index (κ2) is 21.2. The van der Waals surface area contributed by atoms with Gasteiger partial charge in [0.25, 0.3) is 8.32 Å². The summed E-state index contributed by atoms with van der Waals surface area (Å²) < 4.78 is 35.9. The quantitative estimate of drug-likeness (QED) is 0.0356. The van der Waals surface area contributed by atoms with E-state index in [0.29, 0.717) is 45.9 Å². The second-order valence-corrected chi connectivity index (χ2v) is 18.1. The average molecular weight is 691 g/mol. The zero-order valence-electron chi connectivity index (χ0n) is 30.7. The Hall–Kier alpha value is -3.11. The van der Waals surface area contributed by atoms with Gasteiger partial charge in [-0.3, -0.25) is 0 Å². The molecule has 0 unspecified atom stereocenters. The van der Waals surface area contributed by atoms with Crippen molar-refractivity contribution in [2.45, 2.75) is 84.7 Å². The monoisotopic (exact) mass is 690 g/mol. The molecule has 0 aliphatic carbocycles. The molecule has 0 aliphatic rings. The van der Waals surface area contributed by atoms with Crippen LogP contribution in [0, 0.1) is 5.92 Å². The maximum atomic E-state index is 13.3. The third-order valence-electron chi connectivity index (χ3n) is 8.26. The Morgan fingerprint density at radius 1 is 0.776 bits per heavy atom. The van der Waals surface area contributed by atoms with Crippen LogP contribution in [-0.2, 0) is 39.5 Å². The molecule has 0 N–H and O–H groups in total. The van der Waals surface area contributed by atoms with Crippen LogP contribution >= 0.6 is 0 Å². The Morgan fingerprint density at radius 2 is 1.37 bits per heavy atom. The molecule has 8 heteroatoms. The van der Waals surface area contributed by atoms with Gasteiger partial charge in [-0.1, -0.05) is 119 Å². The lowest BCUT2D eigenvalue weighted by molar-refractivity contribution is -0.141. The lowest BCUT2D eigenvalue weighted by Gasteiger charge is -2.46. The van der Waals surface area contributed by atoms with E-state index in [1.165, 1.54) is 10.4 Å². The van der Waals surface area contributed by atoms with Gasteiger partial charge in [-0.2, -0.15) is 0 Å². The van der Waals surface area contributed by atoms with Crippen LogP contribution in [0.5, 0.6) is 0 Å². The van der Waals surface area contributed by atoms with Crippen molar-refractivity contribution in [2.75, 3.05) is 40.3 Å². The molecule has 0 aromatic heterocycles. The van der Waals surface area contributed by atoms with E-state index >= 15 is 0 Å². The summed E-state index contributed by atoms with van der Waals surface area (Å²) in [5.74, 6) is -0.277. The smallest absolute Gasteiger partial charge is 0.331 e. The fourth-order valence-electron chi connectivity index (χ4n) is 6.03. The topological polar surface area (TPSA) is 72.5 Å². The average Bonchev–Trinajstić information content (AvgIpc) is 3.07. The van der Waals surface area contributed by atoms with Gasteiger partial charge < -0.3 is 28.1 Å². The summed E-state index contributed by atoms with van der Waals surface area (Å²) in [6.07, 6.45) is 3.08. The highest BCUT2D eigenvalue weighted by Gasteiger charge is 2.51. The first-order valence-corrected chi connectivity index (χ1v) is 19.4. The number of ether oxygens (including phenoxy) is 5. The second-order valence-electron chi connectivity index (χ2n) is 13.9. The molecule has 0 heterocycles. The van der Waals surface area contributed by atoms with Crippen LogP contribution in [-0.4, -0.2) is 66.8 Å². The molecule has 7 nitrogen and oxygen atoms in total. The van der Waals surface area contributed by atoms with Crippen LogP contribution in [0.4, 0.5) is 0 Å². The molecule has 0 amide bonds. The van der Waals surface area contributed by atoms with Gasteiger partial charge >= 0.3 is 5.97 Å². The number of carbonyl (C=O) groups excluding carboxylic acids is 1. The first-order valence-electron chi connectivity index (χ1n) is 17.5. The predicted octanol–water partition coefficient (Wildman–Crippen LogP) is 7.47. The summed E-state index contributed by atoms with van der Waals surface area (Å²) in [7, 11) is -1.33. The molecule has 0 fully saturated rings. The molecule has 49 heavy (non-hydrogen) atoms. The molecule has 3 rings (SSSR count). The van der Waals surface area contributed by atoms with E-state index in [1.54, 1.807) is 13.2 Å². The number of carbonyl (C=O) groups is 1. The van der Waals surface area contributed by atoms with E-state index in [9.17, 15) is 4.79 Å². The van der Waals surface area contributed by atoms with Crippen LogP contribution in [0.15, 0.2) is 103 Å². The van der Waals surface area contributed by atoms with E-state index in [-0.39, 0.29) is 35.9 Å². The van der Waals surface area contributed by atoms with Crippen LogP contribution in [0.1, 0.15) is 66.4 Å². The minimum Gasteiger partial charge on any atom is -0.460 e. The highest BCUT2D eigenvalue weighted by Crippen LogP contribution is 2.39. The van der Waals surface area contributed by atoms with Gasteiger partial charge in [0.15, 0.2) is 0 Å². The van der Waals surface area contributed by atoms with Crippen molar-refractivity contribution in [1.29, 1.82) is 0 Å².